The second-order valence-electron chi connectivity index (χ2n) is 6.78. The first-order chi connectivity index (χ1) is 12.2. The van der Waals surface area contributed by atoms with Gasteiger partial charge in [-0.25, -0.2) is 4.98 Å². The first-order valence-corrected chi connectivity index (χ1v) is 9.71. The van der Waals surface area contributed by atoms with Crippen molar-refractivity contribution in [1.29, 1.82) is 0 Å². The van der Waals surface area contributed by atoms with Gasteiger partial charge in [0.1, 0.15) is 0 Å². The molecule has 0 radical (unpaired) electrons. The maximum Gasteiger partial charge on any atom is 0.187 e. The fraction of sp³-hybridized carbons (Fsp3) is 0.286. The normalized spacial score (nSPS) is 14.1. The molecule has 4 heteroatoms. The van der Waals surface area contributed by atoms with E-state index in [1.807, 2.05) is 0 Å². The summed E-state index contributed by atoms with van der Waals surface area (Å²) in [5.41, 5.74) is 7.15. The molecule has 0 bridgehead atoms. The number of hydrogen-bond acceptors (Lipinski definition) is 4. The largest absolute Gasteiger partial charge is 0.372 e. The zero-order valence-corrected chi connectivity index (χ0v) is 15.6. The molecular weight excluding hydrogens is 326 g/mol. The van der Waals surface area contributed by atoms with Gasteiger partial charge in [0, 0.05) is 35.4 Å². The molecule has 0 saturated carbocycles. The third-order valence-electron chi connectivity index (χ3n) is 4.61. The zero-order valence-electron chi connectivity index (χ0n) is 14.7. The van der Waals surface area contributed by atoms with Crippen LogP contribution in [-0.2, 0) is 0 Å². The van der Waals surface area contributed by atoms with Crippen LogP contribution in [0.5, 0.6) is 0 Å². The second kappa shape index (κ2) is 6.89. The minimum Gasteiger partial charge on any atom is -0.372 e. The van der Waals surface area contributed by atoms with E-state index in [4.69, 9.17) is 4.98 Å². The van der Waals surface area contributed by atoms with Crippen LogP contribution in [0.15, 0.2) is 47.8 Å². The number of thiazole rings is 1. The maximum atomic E-state index is 4.76. The minimum atomic E-state index is 0.934. The topological polar surface area (TPSA) is 28.2 Å². The molecule has 0 unspecified atom stereocenters. The summed E-state index contributed by atoms with van der Waals surface area (Å²) in [6.07, 6.45) is 2.61. The number of rotatable bonds is 4. The van der Waals surface area contributed by atoms with Gasteiger partial charge in [0.25, 0.3) is 0 Å². The molecule has 1 fully saturated rings. The molecule has 3 nitrogen and oxygen atoms in total. The molecule has 1 aromatic heterocycles. The number of anilines is 3. The van der Waals surface area contributed by atoms with Crippen LogP contribution in [-0.4, -0.2) is 18.1 Å². The monoisotopic (exact) mass is 349 g/mol. The van der Waals surface area contributed by atoms with Crippen molar-refractivity contribution in [2.24, 2.45) is 0 Å². The molecule has 1 aliphatic heterocycles. The third kappa shape index (κ3) is 3.69. The van der Waals surface area contributed by atoms with Crippen LogP contribution >= 0.6 is 11.3 Å². The molecule has 1 aliphatic rings. The second-order valence-corrected chi connectivity index (χ2v) is 7.64. The zero-order chi connectivity index (χ0) is 17.2. The molecular formula is C21H23N3S. The van der Waals surface area contributed by atoms with E-state index in [-0.39, 0.29) is 0 Å². The lowest BCUT2D eigenvalue weighted by molar-refractivity contribution is 0.949. The smallest absolute Gasteiger partial charge is 0.187 e. The van der Waals surface area contributed by atoms with E-state index in [9.17, 15) is 0 Å². The third-order valence-corrected chi connectivity index (χ3v) is 5.37. The van der Waals surface area contributed by atoms with Gasteiger partial charge >= 0.3 is 0 Å². The molecule has 0 spiro atoms. The number of hydrogen-bond donors (Lipinski definition) is 1. The van der Waals surface area contributed by atoms with Crippen molar-refractivity contribution >= 4 is 27.8 Å². The van der Waals surface area contributed by atoms with Gasteiger partial charge in [0.05, 0.1) is 5.69 Å². The van der Waals surface area contributed by atoms with Gasteiger partial charge in [-0.3, -0.25) is 0 Å². The average molecular weight is 350 g/mol. The van der Waals surface area contributed by atoms with E-state index in [2.05, 4.69) is 71.9 Å². The first kappa shape index (κ1) is 16.2. The minimum absolute atomic E-state index is 0.934. The first-order valence-electron chi connectivity index (χ1n) is 8.84. The Morgan fingerprint density at radius 1 is 0.960 bits per heavy atom. The molecule has 0 aliphatic carbocycles. The van der Waals surface area contributed by atoms with E-state index in [0.717, 1.165) is 16.5 Å². The van der Waals surface area contributed by atoms with Gasteiger partial charge in [0.2, 0.25) is 0 Å². The summed E-state index contributed by atoms with van der Waals surface area (Å²) in [5, 5.41) is 6.49. The molecule has 128 valence electrons. The molecule has 1 N–H and O–H groups in total. The van der Waals surface area contributed by atoms with Crippen molar-refractivity contribution in [3.8, 4) is 11.3 Å². The maximum absolute atomic E-state index is 4.76. The molecule has 2 heterocycles. The lowest BCUT2D eigenvalue weighted by atomic mass is 10.1. The van der Waals surface area contributed by atoms with Crippen LogP contribution in [0.2, 0.25) is 0 Å². The molecule has 3 aromatic rings. The fourth-order valence-corrected chi connectivity index (χ4v) is 4.19. The number of aryl methyl sites for hydroxylation is 2. The predicted molar refractivity (Wildman–Crippen MR) is 108 cm³/mol. The highest BCUT2D eigenvalue weighted by Gasteiger charge is 2.12. The number of nitrogens with zero attached hydrogens (tertiary/aromatic N) is 2. The summed E-state index contributed by atoms with van der Waals surface area (Å²) in [4.78, 5) is 7.21. The highest BCUT2D eigenvalue weighted by Crippen LogP contribution is 2.29. The van der Waals surface area contributed by atoms with Crippen molar-refractivity contribution in [2.75, 3.05) is 23.3 Å². The Balaban J connectivity index is 1.50. The predicted octanol–water partition coefficient (Wildman–Crippen LogP) is 5.77. The van der Waals surface area contributed by atoms with Gasteiger partial charge in [0.15, 0.2) is 5.13 Å². The highest BCUT2D eigenvalue weighted by atomic mass is 32.1. The van der Waals surface area contributed by atoms with Crippen LogP contribution in [0.25, 0.3) is 11.3 Å². The standard InChI is InChI=1S/C21H23N3S/c1-15-11-16(2)13-18(12-15)22-21-23-20(14-25-21)17-5-7-19(8-6-17)24-9-3-4-10-24/h5-8,11-14H,3-4,9-10H2,1-2H3,(H,22,23). The van der Waals surface area contributed by atoms with Gasteiger partial charge in [-0.2, -0.15) is 0 Å². The van der Waals surface area contributed by atoms with Crippen LogP contribution in [0, 0.1) is 13.8 Å². The van der Waals surface area contributed by atoms with E-state index in [1.54, 1.807) is 11.3 Å². The van der Waals surface area contributed by atoms with Crippen LogP contribution < -0.4 is 10.2 Å². The quantitative estimate of drug-likeness (QED) is 0.648. The molecule has 25 heavy (non-hydrogen) atoms. The van der Waals surface area contributed by atoms with Crippen LogP contribution in [0.4, 0.5) is 16.5 Å². The van der Waals surface area contributed by atoms with Gasteiger partial charge in [-0.05, 0) is 62.1 Å². The fourth-order valence-electron chi connectivity index (χ4n) is 3.45. The summed E-state index contributed by atoms with van der Waals surface area (Å²) in [7, 11) is 0. The Morgan fingerprint density at radius 3 is 2.32 bits per heavy atom. The van der Waals surface area contributed by atoms with E-state index >= 15 is 0 Å². The average Bonchev–Trinajstić information content (AvgIpc) is 3.26. The van der Waals surface area contributed by atoms with Crippen molar-refractivity contribution in [1.82, 2.24) is 4.98 Å². The highest BCUT2D eigenvalue weighted by molar-refractivity contribution is 7.14. The number of nitrogens with one attached hydrogen (secondary N) is 1. The van der Waals surface area contributed by atoms with E-state index in [0.29, 0.717) is 0 Å². The Kier molecular flexibility index (Phi) is 4.45. The molecule has 0 atom stereocenters. The van der Waals surface area contributed by atoms with E-state index < -0.39 is 0 Å². The molecule has 0 amide bonds. The van der Waals surface area contributed by atoms with Crippen molar-refractivity contribution in [3.05, 3.63) is 59.0 Å². The van der Waals surface area contributed by atoms with Gasteiger partial charge in [-0.15, -0.1) is 11.3 Å². The Hall–Kier alpha value is -2.33. The van der Waals surface area contributed by atoms with Gasteiger partial charge < -0.3 is 10.2 Å². The lowest BCUT2D eigenvalue weighted by Gasteiger charge is -2.17. The molecule has 4 rings (SSSR count). The summed E-state index contributed by atoms with van der Waals surface area (Å²) in [5.74, 6) is 0. The van der Waals surface area contributed by atoms with E-state index in [1.165, 1.54) is 48.3 Å². The van der Waals surface area contributed by atoms with Crippen LogP contribution in [0.3, 0.4) is 0 Å². The summed E-state index contributed by atoms with van der Waals surface area (Å²) in [6.45, 7) is 6.60. The SMILES string of the molecule is Cc1cc(C)cc(Nc2nc(-c3ccc(N4CCCC4)cc3)cs2)c1. The summed E-state index contributed by atoms with van der Waals surface area (Å²) >= 11 is 1.65. The van der Waals surface area contributed by atoms with Crippen LogP contribution in [0.1, 0.15) is 24.0 Å². The Labute approximate surface area is 153 Å². The summed E-state index contributed by atoms with van der Waals surface area (Å²) < 4.78 is 0. The van der Waals surface area contributed by atoms with Crippen molar-refractivity contribution in [3.63, 3.8) is 0 Å². The Morgan fingerprint density at radius 2 is 1.64 bits per heavy atom. The number of aromatic nitrogens is 1. The molecule has 2 aromatic carbocycles. The Bertz CT molecular complexity index is 841. The van der Waals surface area contributed by atoms with Gasteiger partial charge in [-0.1, -0.05) is 18.2 Å². The van der Waals surface area contributed by atoms with Crippen molar-refractivity contribution in [2.45, 2.75) is 26.7 Å². The number of benzene rings is 2. The van der Waals surface area contributed by atoms with Crippen molar-refractivity contribution < 1.29 is 0 Å². The molecule has 1 saturated heterocycles. The summed E-state index contributed by atoms with van der Waals surface area (Å²) in [6, 6.07) is 15.3. The lowest BCUT2D eigenvalue weighted by Crippen LogP contribution is -2.17.